The molecule has 3 rings (SSSR count). The number of rotatable bonds is 4. The molecule has 1 atom stereocenters. The monoisotopic (exact) mass is 218 g/mol. The standard InChI is InChI=1S/C12H18N4/c1-2-11(1)16-6-4-10(8-16)7-14-12-3-5-13-9-15-12/h3,5,9-11H,1-2,4,6-8H2,(H,13,14,15). The first kappa shape index (κ1) is 10.0. The zero-order valence-electron chi connectivity index (χ0n) is 9.47. The summed E-state index contributed by atoms with van der Waals surface area (Å²) in [6, 6.07) is 2.84. The molecule has 1 saturated heterocycles. The Balaban J connectivity index is 1.46. The molecule has 4 heteroatoms. The van der Waals surface area contributed by atoms with Gasteiger partial charge in [0.1, 0.15) is 12.1 Å². The fourth-order valence-corrected chi connectivity index (χ4v) is 2.44. The molecule has 1 aliphatic heterocycles. The van der Waals surface area contributed by atoms with Crippen molar-refractivity contribution in [2.75, 3.05) is 25.0 Å². The van der Waals surface area contributed by atoms with E-state index >= 15 is 0 Å². The van der Waals surface area contributed by atoms with E-state index < -0.39 is 0 Å². The Morgan fingerprint density at radius 1 is 1.38 bits per heavy atom. The van der Waals surface area contributed by atoms with Gasteiger partial charge >= 0.3 is 0 Å². The molecule has 1 aliphatic carbocycles. The fourth-order valence-electron chi connectivity index (χ4n) is 2.44. The van der Waals surface area contributed by atoms with Crippen LogP contribution < -0.4 is 5.32 Å². The van der Waals surface area contributed by atoms with Crippen molar-refractivity contribution in [3.05, 3.63) is 18.6 Å². The Bertz CT molecular complexity index is 336. The van der Waals surface area contributed by atoms with Crippen LogP contribution in [-0.4, -0.2) is 40.5 Å². The largest absolute Gasteiger partial charge is 0.370 e. The summed E-state index contributed by atoms with van der Waals surface area (Å²) in [5, 5.41) is 3.39. The number of hydrogen-bond donors (Lipinski definition) is 1. The molecule has 2 fully saturated rings. The third-order valence-corrected chi connectivity index (χ3v) is 3.53. The van der Waals surface area contributed by atoms with Crippen LogP contribution in [0.2, 0.25) is 0 Å². The molecule has 4 nitrogen and oxygen atoms in total. The van der Waals surface area contributed by atoms with Crippen LogP contribution in [0.15, 0.2) is 18.6 Å². The van der Waals surface area contributed by atoms with Crippen molar-refractivity contribution in [1.82, 2.24) is 14.9 Å². The molecule has 2 aliphatic rings. The van der Waals surface area contributed by atoms with E-state index in [9.17, 15) is 0 Å². The van der Waals surface area contributed by atoms with E-state index in [0.29, 0.717) is 0 Å². The average molecular weight is 218 g/mol. The van der Waals surface area contributed by atoms with Crippen LogP contribution in [0.1, 0.15) is 19.3 Å². The van der Waals surface area contributed by atoms with Crippen LogP contribution >= 0.6 is 0 Å². The van der Waals surface area contributed by atoms with Crippen molar-refractivity contribution in [3.8, 4) is 0 Å². The van der Waals surface area contributed by atoms with Crippen LogP contribution in [0.3, 0.4) is 0 Å². The van der Waals surface area contributed by atoms with Gasteiger partial charge in [-0.05, 0) is 37.8 Å². The minimum absolute atomic E-state index is 0.788. The lowest BCUT2D eigenvalue weighted by molar-refractivity contribution is 0.316. The summed E-state index contributed by atoms with van der Waals surface area (Å²) in [5.41, 5.74) is 0. The molecule has 0 amide bonds. The van der Waals surface area contributed by atoms with E-state index in [4.69, 9.17) is 0 Å². The quantitative estimate of drug-likeness (QED) is 0.828. The van der Waals surface area contributed by atoms with E-state index in [-0.39, 0.29) is 0 Å². The Kier molecular flexibility index (Phi) is 2.74. The summed E-state index contributed by atoms with van der Waals surface area (Å²) in [7, 11) is 0. The second-order valence-corrected chi connectivity index (χ2v) is 4.86. The third kappa shape index (κ3) is 2.32. The minimum Gasteiger partial charge on any atom is -0.370 e. The number of aromatic nitrogens is 2. The van der Waals surface area contributed by atoms with Gasteiger partial charge in [0, 0.05) is 25.3 Å². The summed E-state index contributed by atoms with van der Waals surface area (Å²) in [4.78, 5) is 10.7. The van der Waals surface area contributed by atoms with Crippen LogP contribution in [0.4, 0.5) is 5.82 Å². The van der Waals surface area contributed by atoms with Gasteiger partial charge in [0.2, 0.25) is 0 Å². The van der Waals surface area contributed by atoms with Crippen molar-refractivity contribution in [2.45, 2.75) is 25.3 Å². The van der Waals surface area contributed by atoms with Gasteiger partial charge in [-0.2, -0.15) is 0 Å². The molecule has 1 saturated carbocycles. The van der Waals surface area contributed by atoms with Crippen LogP contribution in [0, 0.1) is 5.92 Å². The van der Waals surface area contributed by atoms with Crippen molar-refractivity contribution < 1.29 is 0 Å². The van der Waals surface area contributed by atoms with Crippen molar-refractivity contribution in [2.24, 2.45) is 5.92 Å². The van der Waals surface area contributed by atoms with Gasteiger partial charge in [0.25, 0.3) is 0 Å². The molecule has 86 valence electrons. The van der Waals surface area contributed by atoms with E-state index in [1.807, 2.05) is 6.07 Å². The van der Waals surface area contributed by atoms with Crippen molar-refractivity contribution in [3.63, 3.8) is 0 Å². The normalized spacial score (nSPS) is 25.9. The Morgan fingerprint density at radius 3 is 3.06 bits per heavy atom. The molecule has 16 heavy (non-hydrogen) atoms. The fraction of sp³-hybridized carbons (Fsp3) is 0.667. The SMILES string of the molecule is c1cc(NCC2CCN(C3CC3)C2)ncn1. The molecule has 1 aromatic heterocycles. The van der Waals surface area contributed by atoms with E-state index in [0.717, 1.165) is 24.3 Å². The van der Waals surface area contributed by atoms with Gasteiger partial charge in [0.15, 0.2) is 0 Å². The van der Waals surface area contributed by atoms with Gasteiger partial charge in [0.05, 0.1) is 0 Å². The van der Waals surface area contributed by atoms with Gasteiger partial charge in [-0.1, -0.05) is 0 Å². The maximum atomic E-state index is 4.17. The van der Waals surface area contributed by atoms with E-state index in [2.05, 4.69) is 20.2 Å². The zero-order valence-corrected chi connectivity index (χ0v) is 9.47. The lowest BCUT2D eigenvalue weighted by Crippen LogP contribution is -2.24. The highest BCUT2D eigenvalue weighted by molar-refractivity contribution is 5.31. The Morgan fingerprint density at radius 2 is 2.31 bits per heavy atom. The highest BCUT2D eigenvalue weighted by atomic mass is 15.2. The number of anilines is 1. The first-order valence-electron chi connectivity index (χ1n) is 6.16. The molecular formula is C12H18N4. The summed E-state index contributed by atoms with van der Waals surface area (Å²) >= 11 is 0. The first-order chi connectivity index (χ1) is 7.92. The maximum absolute atomic E-state index is 4.17. The minimum atomic E-state index is 0.788. The maximum Gasteiger partial charge on any atom is 0.129 e. The summed E-state index contributed by atoms with van der Waals surface area (Å²) in [6.45, 7) is 3.60. The van der Waals surface area contributed by atoms with Crippen molar-refractivity contribution >= 4 is 5.82 Å². The van der Waals surface area contributed by atoms with Crippen LogP contribution in [0.25, 0.3) is 0 Å². The average Bonchev–Trinajstić information content (AvgIpc) is 3.08. The van der Waals surface area contributed by atoms with Crippen LogP contribution in [0.5, 0.6) is 0 Å². The van der Waals surface area contributed by atoms with Gasteiger partial charge in [-0.15, -0.1) is 0 Å². The van der Waals surface area contributed by atoms with Gasteiger partial charge in [-0.25, -0.2) is 9.97 Å². The molecule has 1 unspecified atom stereocenters. The molecule has 0 bridgehead atoms. The third-order valence-electron chi connectivity index (χ3n) is 3.53. The summed E-state index contributed by atoms with van der Waals surface area (Å²) in [6.07, 6.45) is 7.54. The first-order valence-corrected chi connectivity index (χ1v) is 6.16. The Hall–Kier alpha value is -1.16. The number of nitrogens with zero attached hydrogens (tertiary/aromatic N) is 3. The Labute approximate surface area is 96.1 Å². The molecule has 2 heterocycles. The summed E-state index contributed by atoms with van der Waals surface area (Å²) < 4.78 is 0. The number of hydrogen-bond acceptors (Lipinski definition) is 4. The van der Waals surface area contributed by atoms with E-state index in [1.54, 1.807) is 12.5 Å². The molecule has 0 radical (unpaired) electrons. The highest BCUT2D eigenvalue weighted by Gasteiger charge is 2.34. The predicted molar refractivity (Wildman–Crippen MR) is 63.2 cm³/mol. The number of nitrogens with one attached hydrogen (secondary N) is 1. The second-order valence-electron chi connectivity index (χ2n) is 4.86. The topological polar surface area (TPSA) is 41.0 Å². The molecular weight excluding hydrogens is 200 g/mol. The smallest absolute Gasteiger partial charge is 0.129 e. The molecule has 1 aromatic rings. The highest BCUT2D eigenvalue weighted by Crippen LogP contribution is 2.31. The predicted octanol–water partition coefficient (Wildman–Crippen LogP) is 1.37. The van der Waals surface area contributed by atoms with Gasteiger partial charge in [-0.3, -0.25) is 0 Å². The lowest BCUT2D eigenvalue weighted by atomic mass is 10.1. The second kappa shape index (κ2) is 4.37. The van der Waals surface area contributed by atoms with Crippen LogP contribution in [-0.2, 0) is 0 Å². The zero-order chi connectivity index (χ0) is 10.8. The van der Waals surface area contributed by atoms with E-state index in [1.165, 1.54) is 32.4 Å². The van der Waals surface area contributed by atoms with Crippen molar-refractivity contribution in [1.29, 1.82) is 0 Å². The summed E-state index contributed by atoms with van der Waals surface area (Å²) in [5.74, 6) is 1.73. The lowest BCUT2D eigenvalue weighted by Gasteiger charge is -2.15. The van der Waals surface area contributed by atoms with Gasteiger partial charge < -0.3 is 10.2 Å². The molecule has 1 N–H and O–H groups in total. The molecule has 0 spiro atoms. The number of likely N-dealkylation sites (tertiary alicyclic amines) is 1. The molecule has 0 aromatic carbocycles.